The Kier molecular flexibility index (Phi) is 16.7. The average Bonchev–Trinajstić information content (AvgIpc) is 2.92. The van der Waals surface area contributed by atoms with E-state index >= 15 is 0 Å². The van der Waals surface area contributed by atoms with Crippen molar-refractivity contribution in [1.82, 2.24) is 0 Å². The van der Waals surface area contributed by atoms with Crippen molar-refractivity contribution in [2.45, 2.75) is 117 Å². The van der Waals surface area contributed by atoms with Gasteiger partial charge < -0.3 is 29.4 Å². The molecule has 10 nitrogen and oxygen atoms in total. The van der Waals surface area contributed by atoms with E-state index in [0.717, 1.165) is 32.1 Å². The summed E-state index contributed by atoms with van der Waals surface area (Å²) in [7, 11) is 1.22. The molecule has 0 spiro atoms. The van der Waals surface area contributed by atoms with Gasteiger partial charge in [0.2, 0.25) is 0 Å². The molecule has 1 aromatic carbocycles. The topological polar surface area (TPSA) is 140 Å². The Hall–Kier alpha value is -3.14. The van der Waals surface area contributed by atoms with Gasteiger partial charge in [0.15, 0.2) is 11.5 Å². The Morgan fingerprint density at radius 3 is 2.00 bits per heavy atom. The number of ether oxygens (including phenoxy) is 5. The summed E-state index contributed by atoms with van der Waals surface area (Å²) in [5.41, 5.74) is 5.48. The van der Waals surface area contributed by atoms with Gasteiger partial charge >= 0.3 is 24.1 Å². The van der Waals surface area contributed by atoms with E-state index in [9.17, 15) is 19.2 Å². The Balaban J connectivity index is 3.13. The van der Waals surface area contributed by atoms with Crippen LogP contribution < -0.4 is 15.2 Å². The van der Waals surface area contributed by atoms with Crippen LogP contribution in [0.25, 0.3) is 0 Å². The summed E-state index contributed by atoms with van der Waals surface area (Å²) in [5.74, 6) is -1.22. The Morgan fingerprint density at radius 2 is 1.46 bits per heavy atom. The maximum Gasteiger partial charge on any atom is 0.508 e. The molecule has 0 bridgehead atoms. The lowest BCUT2D eigenvalue weighted by molar-refractivity contribution is -0.148. The third-order valence-corrected chi connectivity index (χ3v) is 6.67. The molecule has 0 heterocycles. The van der Waals surface area contributed by atoms with Crippen LogP contribution in [0.15, 0.2) is 18.2 Å². The second-order valence-corrected chi connectivity index (χ2v) is 10.7. The zero-order valence-corrected chi connectivity index (χ0v) is 25.6. The van der Waals surface area contributed by atoms with Crippen molar-refractivity contribution >= 4 is 24.1 Å². The maximum absolute atomic E-state index is 12.8. The first-order valence-corrected chi connectivity index (χ1v) is 14.7. The standard InChI is InChI=1S/C31H49NO9/c1-7-10-12-14-27(33)40-25-17-16-24(18-26(25)41-28(34)15-13-11-8-2)20-31(32,29(35)37-6)19-23(5)39-30(36)38-21-22(4)9-3/h16-18,22-23H,7-15,19-21,32H2,1-6H3/t22?,23-,31?/m0/s1. The van der Waals surface area contributed by atoms with E-state index in [1.165, 1.54) is 19.2 Å². The minimum atomic E-state index is -1.58. The van der Waals surface area contributed by atoms with E-state index in [1.807, 2.05) is 27.7 Å². The summed E-state index contributed by atoms with van der Waals surface area (Å²) < 4.78 is 26.5. The summed E-state index contributed by atoms with van der Waals surface area (Å²) in [6, 6.07) is 4.69. The molecule has 1 aromatic rings. The molecule has 3 atom stereocenters. The Morgan fingerprint density at radius 1 is 0.878 bits per heavy atom. The molecule has 0 saturated carbocycles. The van der Waals surface area contributed by atoms with Gasteiger partial charge in [0.05, 0.1) is 13.7 Å². The number of rotatable bonds is 19. The van der Waals surface area contributed by atoms with E-state index < -0.39 is 35.7 Å². The predicted octanol–water partition coefficient (Wildman–Crippen LogP) is 6.05. The van der Waals surface area contributed by atoms with Gasteiger partial charge in [0.25, 0.3) is 0 Å². The number of carbonyl (C=O) groups is 4. The molecule has 10 heteroatoms. The number of hydrogen-bond donors (Lipinski definition) is 1. The monoisotopic (exact) mass is 579 g/mol. The van der Waals surface area contributed by atoms with Crippen molar-refractivity contribution in [2.24, 2.45) is 11.7 Å². The third-order valence-electron chi connectivity index (χ3n) is 6.67. The lowest BCUT2D eigenvalue weighted by Gasteiger charge is -2.29. The maximum atomic E-state index is 12.8. The van der Waals surface area contributed by atoms with Gasteiger partial charge in [0, 0.05) is 25.7 Å². The number of carbonyl (C=O) groups excluding carboxylic acids is 4. The van der Waals surface area contributed by atoms with Crippen LogP contribution in [0.5, 0.6) is 11.5 Å². The zero-order valence-electron chi connectivity index (χ0n) is 25.6. The average molecular weight is 580 g/mol. The van der Waals surface area contributed by atoms with Crippen LogP contribution in [-0.2, 0) is 35.0 Å². The number of methoxy groups -OCH3 is 1. The lowest BCUT2D eigenvalue weighted by Crippen LogP contribution is -2.53. The first-order valence-electron chi connectivity index (χ1n) is 14.7. The summed E-state index contributed by atoms with van der Waals surface area (Å²) in [6.45, 7) is 9.85. The second-order valence-electron chi connectivity index (χ2n) is 10.7. The van der Waals surface area contributed by atoms with E-state index in [1.54, 1.807) is 13.0 Å². The first kappa shape index (κ1) is 35.9. The molecule has 0 fully saturated rings. The van der Waals surface area contributed by atoms with Crippen LogP contribution in [-0.4, -0.2) is 49.4 Å². The van der Waals surface area contributed by atoms with Crippen molar-refractivity contribution in [1.29, 1.82) is 0 Å². The van der Waals surface area contributed by atoms with Gasteiger partial charge in [0.1, 0.15) is 11.6 Å². The van der Waals surface area contributed by atoms with Gasteiger partial charge in [-0.05, 0) is 43.4 Å². The number of esters is 3. The fourth-order valence-electron chi connectivity index (χ4n) is 4.09. The normalized spacial score (nSPS) is 13.8. The van der Waals surface area contributed by atoms with Crippen molar-refractivity contribution < 1.29 is 42.9 Å². The molecule has 1 rings (SSSR count). The quantitative estimate of drug-likeness (QED) is 0.117. The smallest absolute Gasteiger partial charge is 0.468 e. The van der Waals surface area contributed by atoms with Crippen molar-refractivity contribution in [3.8, 4) is 11.5 Å². The number of nitrogens with two attached hydrogens (primary N) is 1. The molecule has 0 aliphatic rings. The molecule has 0 aromatic heterocycles. The zero-order chi connectivity index (χ0) is 30.8. The minimum absolute atomic E-state index is 0.0274. The highest BCUT2D eigenvalue weighted by Gasteiger charge is 2.38. The van der Waals surface area contributed by atoms with Gasteiger partial charge in [-0.3, -0.25) is 14.4 Å². The van der Waals surface area contributed by atoms with E-state index in [0.29, 0.717) is 18.4 Å². The fraction of sp³-hybridized carbons (Fsp3) is 0.677. The van der Waals surface area contributed by atoms with Gasteiger partial charge in [-0.2, -0.15) is 0 Å². The lowest BCUT2D eigenvalue weighted by atomic mass is 9.86. The van der Waals surface area contributed by atoms with Crippen molar-refractivity contribution in [2.75, 3.05) is 13.7 Å². The molecular weight excluding hydrogens is 530 g/mol. The predicted molar refractivity (Wildman–Crippen MR) is 155 cm³/mol. The highest BCUT2D eigenvalue weighted by molar-refractivity contribution is 5.81. The van der Waals surface area contributed by atoms with E-state index in [4.69, 9.17) is 29.4 Å². The molecule has 0 aliphatic heterocycles. The van der Waals surface area contributed by atoms with E-state index in [2.05, 4.69) is 0 Å². The Labute approximate surface area is 244 Å². The van der Waals surface area contributed by atoms with Crippen molar-refractivity contribution in [3.63, 3.8) is 0 Å². The van der Waals surface area contributed by atoms with Crippen LogP contribution in [0.2, 0.25) is 0 Å². The minimum Gasteiger partial charge on any atom is -0.468 e. The Bertz CT molecular complexity index is 980. The fourth-order valence-corrected chi connectivity index (χ4v) is 4.09. The second kappa shape index (κ2) is 19.1. The van der Waals surface area contributed by atoms with Crippen LogP contribution in [0.1, 0.15) is 104 Å². The SMILES string of the molecule is CCCCCC(=O)Oc1ccc(CC(N)(C[C@H](C)OC(=O)OCC(C)CC)C(=O)OC)cc1OC(=O)CCCCC. The molecule has 2 unspecified atom stereocenters. The summed E-state index contributed by atoms with van der Waals surface area (Å²) in [6.07, 6.45) is 4.69. The molecule has 41 heavy (non-hydrogen) atoms. The third kappa shape index (κ3) is 13.9. The van der Waals surface area contributed by atoms with Gasteiger partial charge in [-0.25, -0.2) is 4.79 Å². The molecule has 2 N–H and O–H groups in total. The molecule has 0 aliphatic carbocycles. The highest BCUT2D eigenvalue weighted by atomic mass is 16.7. The van der Waals surface area contributed by atoms with Crippen LogP contribution >= 0.6 is 0 Å². The molecular formula is C31H49NO9. The molecule has 232 valence electrons. The molecule has 0 saturated heterocycles. The summed E-state index contributed by atoms with van der Waals surface area (Å²) in [5, 5.41) is 0. The largest absolute Gasteiger partial charge is 0.508 e. The number of unbranched alkanes of at least 4 members (excludes halogenated alkanes) is 4. The van der Waals surface area contributed by atoms with Crippen LogP contribution in [0, 0.1) is 5.92 Å². The van der Waals surface area contributed by atoms with Crippen molar-refractivity contribution in [3.05, 3.63) is 23.8 Å². The van der Waals surface area contributed by atoms with Crippen LogP contribution in [0.3, 0.4) is 0 Å². The molecule has 0 amide bonds. The van der Waals surface area contributed by atoms with Gasteiger partial charge in [-0.15, -0.1) is 0 Å². The van der Waals surface area contributed by atoms with Gasteiger partial charge in [-0.1, -0.05) is 65.9 Å². The summed E-state index contributed by atoms with van der Waals surface area (Å²) in [4.78, 5) is 49.8. The van der Waals surface area contributed by atoms with Crippen LogP contribution in [0.4, 0.5) is 4.79 Å². The molecule has 0 radical (unpaired) electrons. The van der Waals surface area contributed by atoms with E-state index in [-0.39, 0.29) is 49.7 Å². The first-order chi connectivity index (χ1) is 19.5. The highest BCUT2D eigenvalue weighted by Crippen LogP contribution is 2.32. The number of benzene rings is 1. The summed E-state index contributed by atoms with van der Waals surface area (Å²) >= 11 is 0. The number of hydrogen-bond acceptors (Lipinski definition) is 10.